The van der Waals surface area contributed by atoms with Crippen LogP contribution in [0.15, 0.2) is 22.7 Å². The van der Waals surface area contributed by atoms with Gasteiger partial charge in [0.1, 0.15) is 5.82 Å². The van der Waals surface area contributed by atoms with Gasteiger partial charge < -0.3 is 10.6 Å². The summed E-state index contributed by atoms with van der Waals surface area (Å²) < 4.78 is 13.6. The molecule has 0 aromatic heterocycles. The molecule has 0 bridgehead atoms. The summed E-state index contributed by atoms with van der Waals surface area (Å²) in [5.74, 6) is -0.204. The van der Waals surface area contributed by atoms with Gasteiger partial charge in [0.25, 0.3) is 0 Å². The van der Waals surface area contributed by atoms with Crippen molar-refractivity contribution >= 4 is 21.8 Å². The van der Waals surface area contributed by atoms with Gasteiger partial charge in [-0.15, -0.1) is 0 Å². The predicted molar refractivity (Wildman–Crippen MR) is 78.4 cm³/mol. The minimum atomic E-state index is -0.264. The third-order valence-electron chi connectivity index (χ3n) is 2.84. The lowest BCUT2D eigenvalue weighted by Gasteiger charge is -2.15. The molecule has 1 unspecified atom stereocenters. The van der Waals surface area contributed by atoms with Crippen molar-refractivity contribution in [3.63, 3.8) is 0 Å². The van der Waals surface area contributed by atoms with Gasteiger partial charge in [0, 0.05) is 25.0 Å². The van der Waals surface area contributed by atoms with Crippen molar-refractivity contribution in [1.82, 2.24) is 10.6 Å². The van der Waals surface area contributed by atoms with Crippen LogP contribution in [0.25, 0.3) is 0 Å². The number of halogens is 2. The lowest BCUT2D eigenvalue weighted by atomic mass is 10.1. The highest BCUT2D eigenvalue weighted by molar-refractivity contribution is 9.10. The van der Waals surface area contributed by atoms with Gasteiger partial charge in [-0.3, -0.25) is 4.79 Å². The highest BCUT2D eigenvalue weighted by Gasteiger charge is 2.08. The fraction of sp³-hybridized carbons (Fsp3) is 0.500. The Morgan fingerprint density at radius 3 is 2.58 bits per heavy atom. The topological polar surface area (TPSA) is 41.1 Å². The zero-order chi connectivity index (χ0) is 14.4. The molecule has 0 saturated carbocycles. The van der Waals surface area contributed by atoms with E-state index in [1.807, 2.05) is 20.8 Å². The molecule has 0 saturated heterocycles. The van der Waals surface area contributed by atoms with E-state index in [0.29, 0.717) is 17.6 Å². The second-order valence-electron chi connectivity index (χ2n) is 4.80. The molecule has 2 N–H and O–H groups in total. The molecule has 3 nitrogen and oxygen atoms in total. The summed E-state index contributed by atoms with van der Waals surface area (Å²) >= 11 is 3.17. The molecule has 0 aliphatic heterocycles. The fourth-order valence-corrected chi connectivity index (χ4v) is 1.97. The second kappa shape index (κ2) is 7.60. The Kier molecular flexibility index (Phi) is 6.45. The summed E-state index contributed by atoms with van der Waals surface area (Å²) in [6, 6.07) is 5.07. The summed E-state index contributed by atoms with van der Waals surface area (Å²) in [7, 11) is 0. The van der Waals surface area contributed by atoms with Crippen LogP contribution < -0.4 is 10.6 Å². The maximum absolute atomic E-state index is 13.1. The second-order valence-corrected chi connectivity index (χ2v) is 5.65. The predicted octanol–water partition coefficient (Wildman–Crippen LogP) is 3.01. The zero-order valence-electron chi connectivity index (χ0n) is 11.5. The van der Waals surface area contributed by atoms with E-state index in [1.165, 1.54) is 6.07 Å². The summed E-state index contributed by atoms with van der Waals surface area (Å²) in [5, 5.41) is 6.12. The van der Waals surface area contributed by atoms with Gasteiger partial charge in [-0.1, -0.05) is 19.9 Å². The smallest absolute Gasteiger partial charge is 0.222 e. The normalized spacial score (nSPS) is 12.5. The van der Waals surface area contributed by atoms with E-state index < -0.39 is 0 Å². The van der Waals surface area contributed by atoms with E-state index in [9.17, 15) is 9.18 Å². The first-order chi connectivity index (χ1) is 8.91. The third kappa shape index (κ3) is 5.28. The number of rotatable bonds is 6. The molecule has 0 aliphatic rings. The van der Waals surface area contributed by atoms with Gasteiger partial charge in [0.15, 0.2) is 0 Å². The van der Waals surface area contributed by atoms with Crippen LogP contribution in [-0.4, -0.2) is 19.0 Å². The number of hydrogen-bond acceptors (Lipinski definition) is 2. The summed E-state index contributed by atoms with van der Waals surface area (Å²) in [5.41, 5.74) is 1.00. The summed E-state index contributed by atoms with van der Waals surface area (Å²) in [6.45, 7) is 6.99. The van der Waals surface area contributed by atoms with Crippen LogP contribution in [0.1, 0.15) is 32.4 Å². The molecule has 0 fully saturated rings. The van der Waals surface area contributed by atoms with Crippen molar-refractivity contribution in [2.75, 3.05) is 13.1 Å². The molecule has 0 aliphatic carbocycles. The standard InChI is InChI=1S/C14H20BrFN2O/c1-9(2)14(19)18-7-6-17-10(3)11-4-5-13(16)12(15)8-11/h4-5,8-10,17H,6-7H2,1-3H3,(H,18,19). The van der Waals surface area contributed by atoms with Crippen molar-refractivity contribution in [1.29, 1.82) is 0 Å². The summed E-state index contributed by atoms with van der Waals surface area (Å²) in [4.78, 5) is 11.4. The fourth-order valence-electron chi connectivity index (χ4n) is 1.58. The highest BCUT2D eigenvalue weighted by Crippen LogP contribution is 2.20. The van der Waals surface area contributed by atoms with Crippen LogP contribution in [-0.2, 0) is 4.79 Å². The SMILES string of the molecule is CC(C)C(=O)NCCNC(C)c1ccc(F)c(Br)c1. The Balaban J connectivity index is 2.37. The first-order valence-corrected chi connectivity index (χ1v) is 7.17. The third-order valence-corrected chi connectivity index (χ3v) is 3.45. The minimum absolute atomic E-state index is 0.00507. The van der Waals surface area contributed by atoms with Gasteiger partial charge in [0.05, 0.1) is 4.47 Å². The van der Waals surface area contributed by atoms with Crippen molar-refractivity contribution in [2.45, 2.75) is 26.8 Å². The molecule has 0 spiro atoms. The average molecular weight is 331 g/mol. The Morgan fingerprint density at radius 1 is 1.32 bits per heavy atom. The van der Waals surface area contributed by atoms with E-state index in [1.54, 1.807) is 12.1 Å². The molecular formula is C14H20BrFN2O. The first kappa shape index (κ1) is 16.1. The van der Waals surface area contributed by atoms with Gasteiger partial charge in [-0.25, -0.2) is 4.39 Å². The Labute approximate surface area is 122 Å². The van der Waals surface area contributed by atoms with Crippen molar-refractivity contribution < 1.29 is 9.18 Å². The van der Waals surface area contributed by atoms with Crippen LogP contribution in [0.2, 0.25) is 0 Å². The molecule has 1 amide bonds. The van der Waals surface area contributed by atoms with Crippen LogP contribution in [0, 0.1) is 11.7 Å². The Bertz CT molecular complexity index is 437. The molecule has 1 aromatic rings. The van der Waals surface area contributed by atoms with Crippen molar-refractivity contribution in [3.05, 3.63) is 34.1 Å². The molecule has 0 heterocycles. The number of nitrogens with one attached hydrogen (secondary N) is 2. The number of benzene rings is 1. The maximum atomic E-state index is 13.1. The lowest BCUT2D eigenvalue weighted by Crippen LogP contribution is -2.35. The van der Waals surface area contributed by atoms with E-state index in [0.717, 1.165) is 5.56 Å². The van der Waals surface area contributed by atoms with Gasteiger partial charge >= 0.3 is 0 Å². The van der Waals surface area contributed by atoms with Gasteiger partial charge in [0.2, 0.25) is 5.91 Å². The van der Waals surface area contributed by atoms with Crippen LogP contribution in [0.3, 0.4) is 0 Å². The number of amides is 1. The molecule has 1 aromatic carbocycles. The first-order valence-electron chi connectivity index (χ1n) is 6.38. The molecule has 5 heteroatoms. The maximum Gasteiger partial charge on any atom is 0.222 e. The van der Waals surface area contributed by atoms with Crippen LogP contribution in [0.5, 0.6) is 0 Å². The summed E-state index contributed by atoms with van der Waals surface area (Å²) in [6.07, 6.45) is 0. The Hall–Kier alpha value is -0.940. The van der Waals surface area contributed by atoms with Gasteiger partial charge in [-0.05, 0) is 40.5 Å². The molecule has 1 atom stereocenters. The lowest BCUT2D eigenvalue weighted by molar-refractivity contribution is -0.123. The Morgan fingerprint density at radius 2 is 2.00 bits per heavy atom. The van der Waals surface area contributed by atoms with E-state index in [4.69, 9.17) is 0 Å². The number of hydrogen-bond donors (Lipinski definition) is 2. The molecule has 1 rings (SSSR count). The number of carbonyl (C=O) groups excluding carboxylic acids is 1. The monoisotopic (exact) mass is 330 g/mol. The van der Waals surface area contributed by atoms with Crippen molar-refractivity contribution in [2.24, 2.45) is 5.92 Å². The van der Waals surface area contributed by atoms with E-state index >= 15 is 0 Å². The van der Waals surface area contributed by atoms with Crippen LogP contribution in [0.4, 0.5) is 4.39 Å². The quantitative estimate of drug-likeness (QED) is 0.787. The van der Waals surface area contributed by atoms with Gasteiger partial charge in [-0.2, -0.15) is 0 Å². The van der Waals surface area contributed by atoms with E-state index in [2.05, 4.69) is 26.6 Å². The average Bonchev–Trinajstić information content (AvgIpc) is 2.37. The molecular weight excluding hydrogens is 311 g/mol. The van der Waals surface area contributed by atoms with Crippen LogP contribution >= 0.6 is 15.9 Å². The number of carbonyl (C=O) groups is 1. The highest BCUT2D eigenvalue weighted by atomic mass is 79.9. The van der Waals surface area contributed by atoms with Crippen molar-refractivity contribution in [3.8, 4) is 0 Å². The molecule has 19 heavy (non-hydrogen) atoms. The van der Waals surface area contributed by atoms with E-state index in [-0.39, 0.29) is 23.7 Å². The minimum Gasteiger partial charge on any atom is -0.355 e. The zero-order valence-corrected chi connectivity index (χ0v) is 13.1. The largest absolute Gasteiger partial charge is 0.355 e. The molecule has 0 radical (unpaired) electrons. The molecule has 106 valence electrons.